The van der Waals surface area contributed by atoms with Gasteiger partial charge in [0.15, 0.2) is 0 Å². The van der Waals surface area contributed by atoms with Crippen LogP contribution in [0.15, 0.2) is 158 Å². The Kier molecular flexibility index (Phi) is 9.52. The second kappa shape index (κ2) is 15.0. The molecule has 0 spiro atoms. The monoisotopic (exact) mass is 734 g/mol. The lowest BCUT2D eigenvalue weighted by atomic mass is 9.88. The smallest absolute Gasteiger partial charge is 0.259 e. The van der Waals surface area contributed by atoms with Gasteiger partial charge in [0.2, 0.25) is 0 Å². The summed E-state index contributed by atoms with van der Waals surface area (Å²) in [6.07, 6.45) is 0. The molecule has 6 N–H and O–H groups in total. The molecule has 0 unspecified atom stereocenters. The number of anilines is 4. The molecule has 0 aliphatic heterocycles. The van der Waals surface area contributed by atoms with Crippen molar-refractivity contribution in [1.82, 2.24) is 0 Å². The number of methoxy groups -OCH3 is 2. The Labute approximate surface area is 324 Å². The number of hydrogen-bond acceptors (Lipinski definition) is 6. The van der Waals surface area contributed by atoms with E-state index in [0.29, 0.717) is 56.5 Å². The number of nitrogen functional groups attached to an aromatic ring is 2. The molecule has 0 saturated heterocycles. The average molecular weight is 735 g/mol. The van der Waals surface area contributed by atoms with Gasteiger partial charge in [0.05, 0.1) is 25.3 Å². The molecule has 8 nitrogen and oxygen atoms in total. The molecule has 0 aliphatic carbocycles. The molecule has 0 radical (unpaired) electrons. The van der Waals surface area contributed by atoms with Crippen LogP contribution in [0.25, 0.3) is 54.9 Å². The maximum atomic E-state index is 14.2. The van der Waals surface area contributed by atoms with Gasteiger partial charge in [-0.25, -0.2) is 0 Å². The minimum absolute atomic E-state index is 0.325. The molecule has 0 aromatic heterocycles. The molecule has 0 saturated carbocycles. The first-order valence-electron chi connectivity index (χ1n) is 18.1. The number of hydrogen-bond donors (Lipinski definition) is 4. The number of rotatable bonds is 9. The summed E-state index contributed by atoms with van der Waals surface area (Å²) in [6.45, 7) is 0. The zero-order valence-electron chi connectivity index (χ0n) is 30.8. The third kappa shape index (κ3) is 6.83. The van der Waals surface area contributed by atoms with Crippen molar-refractivity contribution in [1.29, 1.82) is 0 Å². The number of carbonyl (C=O) groups is 2. The molecule has 274 valence electrons. The molecular weight excluding hydrogens is 697 g/mol. The lowest BCUT2D eigenvalue weighted by Crippen LogP contribution is -2.15. The largest absolute Gasteiger partial charge is 0.495 e. The summed E-state index contributed by atoms with van der Waals surface area (Å²) in [4.78, 5) is 28.5. The fourth-order valence-corrected chi connectivity index (χ4v) is 7.15. The number of nitrogens with two attached hydrogens (primary N) is 2. The maximum Gasteiger partial charge on any atom is 0.259 e. The molecule has 56 heavy (non-hydrogen) atoms. The van der Waals surface area contributed by atoms with E-state index >= 15 is 0 Å². The minimum Gasteiger partial charge on any atom is -0.495 e. The second-order valence-corrected chi connectivity index (χ2v) is 13.4. The molecule has 0 heterocycles. The number of benzene rings is 8. The van der Waals surface area contributed by atoms with Gasteiger partial charge in [-0.05, 0) is 104 Å². The van der Waals surface area contributed by atoms with Gasteiger partial charge in [-0.2, -0.15) is 0 Å². The van der Waals surface area contributed by atoms with E-state index in [1.54, 1.807) is 14.2 Å². The van der Waals surface area contributed by atoms with E-state index < -0.39 is 0 Å². The van der Waals surface area contributed by atoms with Crippen molar-refractivity contribution >= 4 is 56.1 Å². The Balaban J connectivity index is 1.21. The molecule has 0 fully saturated rings. The van der Waals surface area contributed by atoms with Crippen molar-refractivity contribution in [3.8, 4) is 44.9 Å². The van der Waals surface area contributed by atoms with Crippen LogP contribution in [-0.4, -0.2) is 26.0 Å². The van der Waals surface area contributed by atoms with Crippen LogP contribution in [0.5, 0.6) is 11.5 Å². The zero-order chi connectivity index (χ0) is 38.8. The highest BCUT2D eigenvalue weighted by atomic mass is 16.5. The summed E-state index contributed by atoms with van der Waals surface area (Å²) < 4.78 is 12.3. The number of amides is 2. The third-order valence-corrected chi connectivity index (χ3v) is 9.92. The number of ether oxygens (including phenoxy) is 2. The van der Waals surface area contributed by atoms with E-state index in [0.717, 1.165) is 43.8 Å². The van der Waals surface area contributed by atoms with Crippen LogP contribution < -0.4 is 31.6 Å². The molecular formula is C48H38N4O4. The number of nitrogens with one attached hydrogen (secondary N) is 2. The molecule has 0 aliphatic rings. The van der Waals surface area contributed by atoms with Crippen LogP contribution in [-0.2, 0) is 0 Å². The predicted octanol–water partition coefficient (Wildman–Crippen LogP) is 10.7. The van der Waals surface area contributed by atoms with Crippen LogP contribution in [0.2, 0.25) is 0 Å². The quantitative estimate of drug-likeness (QED) is 0.109. The van der Waals surface area contributed by atoms with Gasteiger partial charge in [-0.1, -0.05) is 97.1 Å². The number of carbonyl (C=O) groups excluding carboxylic acids is 2. The van der Waals surface area contributed by atoms with Crippen molar-refractivity contribution in [2.45, 2.75) is 0 Å². The van der Waals surface area contributed by atoms with Crippen molar-refractivity contribution < 1.29 is 19.1 Å². The Morgan fingerprint density at radius 1 is 0.446 bits per heavy atom. The Hall–Kier alpha value is -7.58. The van der Waals surface area contributed by atoms with Gasteiger partial charge < -0.3 is 31.6 Å². The van der Waals surface area contributed by atoms with Crippen molar-refractivity contribution in [2.24, 2.45) is 0 Å². The van der Waals surface area contributed by atoms with Crippen LogP contribution in [0, 0.1) is 0 Å². The summed E-state index contributed by atoms with van der Waals surface area (Å²) in [5.74, 6) is -0.0136. The summed E-state index contributed by atoms with van der Waals surface area (Å²) in [5, 5.41) is 9.41. The number of fused-ring (bicyclic) bond motifs is 2. The molecule has 8 heteroatoms. The van der Waals surface area contributed by atoms with Crippen molar-refractivity contribution in [3.05, 3.63) is 169 Å². The maximum absolute atomic E-state index is 14.2. The summed E-state index contributed by atoms with van der Waals surface area (Å²) in [7, 11) is 3.09. The van der Waals surface area contributed by atoms with E-state index in [1.165, 1.54) is 0 Å². The highest BCUT2D eigenvalue weighted by Gasteiger charge is 2.28. The first-order valence-corrected chi connectivity index (χ1v) is 18.1. The van der Waals surface area contributed by atoms with Crippen molar-refractivity contribution in [2.75, 3.05) is 36.3 Å². The highest BCUT2D eigenvalue weighted by molar-refractivity contribution is 6.19. The standard InChI is InChI=1S/C48H38N4O4/c1-55-45-41(47(53)51-37-23-15-31(16-24-37)29-11-19-35(49)20-12-29)27-33-7-3-5-9-39(33)43(45)44-40-10-6-4-8-34(40)28-42(46(44)56-2)48(54)52-38-25-17-32(18-26-38)30-13-21-36(50)22-14-30/h3-28H,49-50H2,1-2H3,(H,51,53)(H,52,54). The van der Waals surface area contributed by atoms with E-state index in [2.05, 4.69) is 10.6 Å². The fraction of sp³-hybridized carbons (Fsp3) is 0.0417. The van der Waals surface area contributed by atoms with E-state index in [9.17, 15) is 9.59 Å². The SMILES string of the molecule is COc1c(C(=O)Nc2ccc(-c3ccc(N)cc3)cc2)cc2ccccc2c1-c1c(OC)c(C(=O)Nc2ccc(-c3ccc(N)cc3)cc2)cc2ccccc12. The summed E-state index contributed by atoms with van der Waals surface area (Å²) >= 11 is 0. The van der Waals surface area contributed by atoms with Gasteiger partial charge in [0.1, 0.15) is 11.5 Å². The van der Waals surface area contributed by atoms with Crippen LogP contribution in [0.4, 0.5) is 22.7 Å². The molecule has 2 amide bonds. The van der Waals surface area contributed by atoms with Gasteiger partial charge in [-0.15, -0.1) is 0 Å². The van der Waals surface area contributed by atoms with Gasteiger partial charge in [0.25, 0.3) is 11.8 Å². The Morgan fingerprint density at radius 2 is 0.768 bits per heavy atom. The minimum atomic E-state index is -0.353. The second-order valence-electron chi connectivity index (χ2n) is 13.4. The van der Waals surface area contributed by atoms with E-state index in [4.69, 9.17) is 20.9 Å². The molecule has 8 rings (SSSR count). The highest BCUT2D eigenvalue weighted by Crippen LogP contribution is 2.48. The van der Waals surface area contributed by atoms with Crippen molar-refractivity contribution in [3.63, 3.8) is 0 Å². The lowest BCUT2D eigenvalue weighted by Gasteiger charge is -2.22. The van der Waals surface area contributed by atoms with Crippen LogP contribution in [0.3, 0.4) is 0 Å². The summed E-state index contributed by atoms with van der Waals surface area (Å²) in [5.41, 5.74) is 20.3. The van der Waals surface area contributed by atoms with Gasteiger partial charge >= 0.3 is 0 Å². The predicted molar refractivity (Wildman–Crippen MR) is 228 cm³/mol. The first kappa shape index (κ1) is 35.4. The normalized spacial score (nSPS) is 11.0. The molecule has 8 aromatic rings. The topological polar surface area (TPSA) is 129 Å². The van der Waals surface area contributed by atoms with Gasteiger partial charge in [-0.3, -0.25) is 9.59 Å². The Bertz CT molecular complexity index is 2550. The molecule has 0 atom stereocenters. The van der Waals surface area contributed by atoms with E-state index in [-0.39, 0.29) is 11.8 Å². The average Bonchev–Trinajstić information content (AvgIpc) is 3.23. The first-order chi connectivity index (χ1) is 27.3. The van der Waals surface area contributed by atoms with Crippen LogP contribution >= 0.6 is 0 Å². The summed E-state index contributed by atoms with van der Waals surface area (Å²) in [6, 6.07) is 49.8. The lowest BCUT2D eigenvalue weighted by molar-refractivity contribution is 0.101. The van der Waals surface area contributed by atoms with E-state index in [1.807, 2.05) is 158 Å². The fourth-order valence-electron chi connectivity index (χ4n) is 7.15. The zero-order valence-corrected chi connectivity index (χ0v) is 30.8. The van der Waals surface area contributed by atoms with Crippen LogP contribution in [0.1, 0.15) is 20.7 Å². The molecule has 0 bridgehead atoms. The molecule has 8 aromatic carbocycles. The third-order valence-electron chi connectivity index (χ3n) is 9.92. The Morgan fingerprint density at radius 3 is 1.11 bits per heavy atom. The van der Waals surface area contributed by atoms with Gasteiger partial charge in [0, 0.05) is 33.9 Å².